The molecule has 1 saturated carbocycles. The molecule has 2 unspecified atom stereocenters. The highest BCUT2D eigenvalue weighted by Gasteiger charge is 2.29. The van der Waals surface area contributed by atoms with E-state index in [0.29, 0.717) is 12.0 Å². The number of nitrogens with one attached hydrogen (secondary N) is 1. The van der Waals surface area contributed by atoms with E-state index < -0.39 is 0 Å². The van der Waals surface area contributed by atoms with E-state index >= 15 is 0 Å². The van der Waals surface area contributed by atoms with Gasteiger partial charge in [0.05, 0.1) is 16.4 Å². The molecule has 0 aromatic carbocycles. The first-order chi connectivity index (χ1) is 7.77. The lowest BCUT2D eigenvalue weighted by Gasteiger charge is -2.32. The smallest absolute Gasteiger partial charge is 0.0635 e. The van der Waals surface area contributed by atoms with Gasteiger partial charge < -0.3 is 5.32 Å². The van der Waals surface area contributed by atoms with E-state index in [1.165, 1.54) is 35.8 Å². The second kappa shape index (κ2) is 5.32. The van der Waals surface area contributed by atoms with E-state index in [2.05, 4.69) is 45.0 Å². The van der Waals surface area contributed by atoms with Gasteiger partial charge in [-0.3, -0.25) is 4.68 Å². The van der Waals surface area contributed by atoms with Crippen molar-refractivity contribution in [3.8, 4) is 0 Å². The molecule has 0 spiro atoms. The van der Waals surface area contributed by atoms with Crippen molar-refractivity contribution in [1.29, 1.82) is 0 Å². The van der Waals surface area contributed by atoms with Crippen LogP contribution < -0.4 is 5.32 Å². The number of hydrogen-bond donors (Lipinski definition) is 1. The van der Waals surface area contributed by atoms with Crippen LogP contribution in [0.2, 0.25) is 0 Å². The van der Waals surface area contributed by atoms with Gasteiger partial charge in [0.15, 0.2) is 0 Å². The van der Waals surface area contributed by atoms with Crippen LogP contribution in [0.15, 0.2) is 10.7 Å². The quantitative estimate of drug-likeness (QED) is 0.926. The van der Waals surface area contributed by atoms with Gasteiger partial charge in [0.25, 0.3) is 0 Å². The van der Waals surface area contributed by atoms with Crippen molar-refractivity contribution in [1.82, 2.24) is 15.1 Å². The van der Waals surface area contributed by atoms with E-state index in [9.17, 15) is 0 Å². The van der Waals surface area contributed by atoms with Crippen LogP contribution in [0.4, 0.5) is 0 Å². The molecule has 3 nitrogen and oxygen atoms in total. The molecule has 1 heterocycles. The first kappa shape index (κ1) is 12.1. The molecule has 0 radical (unpaired) electrons. The molecule has 16 heavy (non-hydrogen) atoms. The van der Waals surface area contributed by atoms with E-state index in [0.717, 1.165) is 6.54 Å². The molecule has 4 heteroatoms. The fraction of sp³-hybridized carbons (Fsp3) is 0.750. The highest BCUT2D eigenvalue weighted by atomic mass is 79.9. The molecule has 2 rings (SSSR count). The van der Waals surface area contributed by atoms with E-state index in [-0.39, 0.29) is 0 Å². The van der Waals surface area contributed by atoms with E-state index in [1.54, 1.807) is 0 Å². The third-order valence-corrected chi connectivity index (χ3v) is 4.23. The van der Waals surface area contributed by atoms with Gasteiger partial charge in [-0.2, -0.15) is 5.10 Å². The first-order valence-corrected chi connectivity index (χ1v) is 6.95. The Balaban J connectivity index is 2.29. The SMILES string of the molecule is CCn1ncc(Br)c1C1CCCCC1NC. The van der Waals surface area contributed by atoms with Gasteiger partial charge in [0.2, 0.25) is 0 Å². The van der Waals surface area contributed by atoms with Crippen LogP contribution >= 0.6 is 15.9 Å². The number of rotatable bonds is 3. The molecule has 2 atom stereocenters. The maximum atomic E-state index is 4.42. The molecule has 0 saturated heterocycles. The minimum Gasteiger partial charge on any atom is -0.316 e. The van der Waals surface area contributed by atoms with Crippen molar-refractivity contribution < 1.29 is 0 Å². The summed E-state index contributed by atoms with van der Waals surface area (Å²) in [4.78, 5) is 0. The molecular formula is C12H20BrN3. The molecule has 0 aliphatic heterocycles. The predicted molar refractivity (Wildman–Crippen MR) is 69.7 cm³/mol. The Bertz CT molecular complexity index is 348. The highest BCUT2D eigenvalue weighted by Crippen LogP contribution is 2.36. The molecule has 1 aliphatic carbocycles. The molecule has 1 N–H and O–H groups in total. The topological polar surface area (TPSA) is 29.9 Å². The Labute approximate surface area is 106 Å². The Morgan fingerprint density at radius 2 is 2.25 bits per heavy atom. The van der Waals surface area contributed by atoms with Gasteiger partial charge >= 0.3 is 0 Å². The van der Waals surface area contributed by atoms with Gasteiger partial charge in [-0.15, -0.1) is 0 Å². The van der Waals surface area contributed by atoms with Crippen molar-refractivity contribution in [2.24, 2.45) is 0 Å². The number of aromatic nitrogens is 2. The van der Waals surface area contributed by atoms with Crippen LogP contribution in [-0.2, 0) is 6.54 Å². The first-order valence-electron chi connectivity index (χ1n) is 6.16. The summed E-state index contributed by atoms with van der Waals surface area (Å²) in [7, 11) is 2.07. The van der Waals surface area contributed by atoms with E-state index in [1.807, 2.05) is 6.20 Å². The predicted octanol–water partition coefficient (Wildman–Crippen LogP) is 2.91. The number of nitrogens with zero attached hydrogens (tertiary/aromatic N) is 2. The average molecular weight is 286 g/mol. The zero-order valence-electron chi connectivity index (χ0n) is 10.0. The average Bonchev–Trinajstić information content (AvgIpc) is 2.70. The van der Waals surface area contributed by atoms with Crippen molar-refractivity contribution in [3.63, 3.8) is 0 Å². The van der Waals surface area contributed by atoms with Gasteiger partial charge in [-0.05, 0) is 42.7 Å². The van der Waals surface area contributed by atoms with Gasteiger partial charge in [-0.25, -0.2) is 0 Å². The zero-order valence-corrected chi connectivity index (χ0v) is 11.6. The van der Waals surface area contributed by atoms with Crippen LogP contribution in [0.5, 0.6) is 0 Å². The highest BCUT2D eigenvalue weighted by molar-refractivity contribution is 9.10. The van der Waals surface area contributed by atoms with Crippen LogP contribution in [0.1, 0.15) is 44.2 Å². The third-order valence-electron chi connectivity index (χ3n) is 3.62. The summed E-state index contributed by atoms with van der Waals surface area (Å²) < 4.78 is 3.30. The number of likely N-dealkylation sites (N-methyl/N-ethyl adjacent to an activating group) is 1. The maximum Gasteiger partial charge on any atom is 0.0635 e. The summed E-state index contributed by atoms with van der Waals surface area (Å²) in [6.45, 7) is 3.11. The summed E-state index contributed by atoms with van der Waals surface area (Å²) in [6, 6.07) is 0.604. The number of halogens is 1. The van der Waals surface area contributed by atoms with Crippen molar-refractivity contribution in [3.05, 3.63) is 16.4 Å². The second-order valence-corrected chi connectivity index (χ2v) is 5.33. The molecular weight excluding hydrogens is 266 g/mol. The van der Waals surface area contributed by atoms with Crippen LogP contribution in [0.25, 0.3) is 0 Å². The molecule has 0 amide bonds. The largest absolute Gasteiger partial charge is 0.316 e. The Morgan fingerprint density at radius 1 is 1.50 bits per heavy atom. The van der Waals surface area contributed by atoms with Crippen LogP contribution in [0, 0.1) is 0 Å². The minimum atomic E-state index is 0.604. The van der Waals surface area contributed by atoms with Crippen molar-refractivity contribution in [2.45, 2.75) is 51.1 Å². The monoisotopic (exact) mass is 285 g/mol. The third kappa shape index (κ3) is 2.18. The number of aryl methyl sites for hydroxylation is 1. The molecule has 0 bridgehead atoms. The van der Waals surface area contributed by atoms with Gasteiger partial charge in [0.1, 0.15) is 0 Å². The molecule has 1 aliphatic rings. The van der Waals surface area contributed by atoms with Crippen molar-refractivity contribution >= 4 is 15.9 Å². The summed E-state index contributed by atoms with van der Waals surface area (Å²) in [5.74, 6) is 0.607. The second-order valence-electron chi connectivity index (χ2n) is 4.48. The minimum absolute atomic E-state index is 0.604. The Kier molecular flexibility index (Phi) is 4.03. The number of hydrogen-bond acceptors (Lipinski definition) is 2. The summed E-state index contributed by atoms with van der Waals surface area (Å²) >= 11 is 3.64. The van der Waals surface area contributed by atoms with Gasteiger partial charge in [0, 0.05) is 18.5 Å². The van der Waals surface area contributed by atoms with Crippen LogP contribution in [-0.4, -0.2) is 22.9 Å². The zero-order chi connectivity index (χ0) is 11.5. The van der Waals surface area contributed by atoms with Crippen molar-refractivity contribution in [2.75, 3.05) is 7.05 Å². The Morgan fingerprint density at radius 3 is 2.94 bits per heavy atom. The van der Waals surface area contributed by atoms with E-state index in [4.69, 9.17) is 0 Å². The lowest BCUT2D eigenvalue weighted by atomic mass is 9.82. The normalized spacial score (nSPS) is 25.9. The maximum absolute atomic E-state index is 4.42. The summed E-state index contributed by atoms with van der Waals surface area (Å²) in [5.41, 5.74) is 1.38. The lowest BCUT2D eigenvalue weighted by molar-refractivity contribution is 0.328. The fourth-order valence-corrected chi connectivity index (χ4v) is 3.39. The molecule has 1 aromatic heterocycles. The molecule has 1 fully saturated rings. The van der Waals surface area contributed by atoms with Crippen LogP contribution in [0.3, 0.4) is 0 Å². The molecule has 1 aromatic rings. The fourth-order valence-electron chi connectivity index (χ4n) is 2.80. The Hall–Kier alpha value is -0.350. The standard InChI is InChI=1S/C12H20BrN3/c1-3-16-12(10(13)8-15-16)9-6-4-5-7-11(9)14-2/h8-9,11,14H,3-7H2,1-2H3. The van der Waals surface area contributed by atoms with Gasteiger partial charge in [-0.1, -0.05) is 12.8 Å². The summed E-state index contributed by atoms with van der Waals surface area (Å²) in [6.07, 6.45) is 7.17. The summed E-state index contributed by atoms with van der Waals surface area (Å²) in [5, 5.41) is 7.88. The molecule has 90 valence electrons. The lowest BCUT2D eigenvalue weighted by Crippen LogP contribution is -2.35.